The Morgan fingerprint density at radius 1 is 1.47 bits per heavy atom. The zero-order valence-electron chi connectivity index (χ0n) is 11.4. The highest BCUT2D eigenvalue weighted by Crippen LogP contribution is 2.29. The topological polar surface area (TPSA) is 42.4 Å². The van der Waals surface area contributed by atoms with Crippen molar-refractivity contribution in [2.75, 3.05) is 13.1 Å². The second-order valence-corrected chi connectivity index (χ2v) is 5.47. The summed E-state index contributed by atoms with van der Waals surface area (Å²) >= 11 is 0. The van der Waals surface area contributed by atoms with E-state index >= 15 is 0 Å². The fourth-order valence-electron chi connectivity index (χ4n) is 2.74. The van der Waals surface area contributed by atoms with Crippen molar-refractivity contribution in [3.8, 4) is 0 Å². The van der Waals surface area contributed by atoms with Gasteiger partial charge in [0.15, 0.2) is 0 Å². The van der Waals surface area contributed by atoms with Crippen LogP contribution in [-0.4, -0.2) is 24.0 Å². The highest BCUT2D eigenvalue weighted by Gasteiger charge is 2.28. The van der Waals surface area contributed by atoms with Crippen molar-refractivity contribution in [1.29, 1.82) is 0 Å². The first kappa shape index (κ1) is 12.7. The maximum absolute atomic E-state index is 6.16. The summed E-state index contributed by atoms with van der Waals surface area (Å²) in [5, 5.41) is 0. The lowest BCUT2D eigenvalue weighted by molar-refractivity contribution is 0.127. The van der Waals surface area contributed by atoms with Crippen molar-refractivity contribution in [3.05, 3.63) is 23.2 Å². The Labute approximate surface area is 104 Å². The molecule has 1 fully saturated rings. The lowest BCUT2D eigenvalue weighted by Crippen LogP contribution is -2.48. The van der Waals surface area contributed by atoms with Crippen LogP contribution in [0.5, 0.6) is 0 Å². The molecule has 1 aliphatic heterocycles. The van der Waals surface area contributed by atoms with Gasteiger partial charge in [-0.15, -0.1) is 0 Å². The quantitative estimate of drug-likeness (QED) is 0.858. The molecule has 2 rings (SSSR count). The zero-order chi connectivity index (χ0) is 12.6. The van der Waals surface area contributed by atoms with E-state index in [1.165, 1.54) is 12.0 Å². The Hall–Kier alpha value is -0.800. The highest BCUT2D eigenvalue weighted by molar-refractivity contribution is 5.23. The molecule has 1 aromatic rings. The van der Waals surface area contributed by atoms with Crippen LogP contribution in [0.2, 0.25) is 0 Å². The highest BCUT2D eigenvalue weighted by atomic mass is 16.3. The van der Waals surface area contributed by atoms with Gasteiger partial charge >= 0.3 is 0 Å². The van der Waals surface area contributed by atoms with Gasteiger partial charge in [-0.25, -0.2) is 0 Å². The number of piperidine rings is 1. The van der Waals surface area contributed by atoms with E-state index in [-0.39, 0.29) is 0 Å². The predicted molar refractivity (Wildman–Crippen MR) is 69.9 cm³/mol. The van der Waals surface area contributed by atoms with Gasteiger partial charge in [0.2, 0.25) is 0 Å². The predicted octanol–water partition coefficient (Wildman–Crippen LogP) is 2.63. The SMILES string of the molecule is Cc1cc(C(C)N2CCC(C)C(N)C2)c(C)o1. The summed E-state index contributed by atoms with van der Waals surface area (Å²) in [6.45, 7) is 10.7. The molecule has 3 nitrogen and oxygen atoms in total. The van der Waals surface area contributed by atoms with E-state index in [2.05, 4.69) is 24.8 Å². The molecule has 3 heteroatoms. The van der Waals surface area contributed by atoms with Gasteiger partial charge in [-0.05, 0) is 45.7 Å². The third-order valence-electron chi connectivity index (χ3n) is 4.13. The Morgan fingerprint density at radius 2 is 2.18 bits per heavy atom. The molecule has 2 heterocycles. The van der Waals surface area contributed by atoms with E-state index < -0.39 is 0 Å². The maximum atomic E-state index is 6.16. The average Bonchev–Trinajstić information content (AvgIpc) is 2.61. The van der Waals surface area contributed by atoms with Crippen LogP contribution in [0.3, 0.4) is 0 Å². The summed E-state index contributed by atoms with van der Waals surface area (Å²) in [7, 11) is 0. The normalized spacial score (nSPS) is 28.3. The van der Waals surface area contributed by atoms with Crippen LogP contribution < -0.4 is 5.73 Å². The van der Waals surface area contributed by atoms with Gasteiger partial charge in [0, 0.05) is 24.2 Å². The van der Waals surface area contributed by atoms with Crippen molar-refractivity contribution in [3.63, 3.8) is 0 Å². The summed E-state index contributed by atoms with van der Waals surface area (Å²) in [4.78, 5) is 2.47. The summed E-state index contributed by atoms with van der Waals surface area (Å²) in [6.07, 6.45) is 1.20. The molecule has 0 amide bonds. The number of nitrogens with zero attached hydrogens (tertiary/aromatic N) is 1. The van der Waals surface area contributed by atoms with E-state index in [0.717, 1.165) is 24.6 Å². The third-order valence-corrected chi connectivity index (χ3v) is 4.13. The smallest absolute Gasteiger partial charge is 0.105 e. The first-order valence-electron chi connectivity index (χ1n) is 6.55. The number of hydrogen-bond donors (Lipinski definition) is 1. The van der Waals surface area contributed by atoms with Crippen LogP contribution in [0.1, 0.15) is 43.4 Å². The number of aryl methyl sites for hydroxylation is 2. The van der Waals surface area contributed by atoms with Crippen molar-refractivity contribution >= 4 is 0 Å². The van der Waals surface area contributed by atoms with Gasteiger partial charge in [-0.3, -0.25) is 4.90 Å². The molecule has 0 bridgehead atoms. The second kappa shape index (κ2) is 4.83. The third kappa shape index (κ3) is 2.55. The van der Waals surface area contributed by atoms with Crippen molar-refractivity contribution in [2.24, 2.45) is 11.7 Å². The molecule has 2 N–H and O–H groups in total. The Morgan fingerprint density at radius 3 is 2.71 bits per heavy atom. The summed E-state index contributed by atoms with van der Waals surface area (Å²) < 4.78 is 5.62. The van der Waals surface area contributed by atoms with Crippen LogP contribution in [0.4, 0.5) is 0 Å². The van der Waals surface area contributed by atoms with Gasteiger partial charge in [0.25, 0.3) is 0 Å². The molecule has 3 unspecified atom stereocenters. The molecule has 0 radical (unpaired) electrons. The first-order chi connectivity index (χ1) is 7.99. The van der Waals surface area contributed by atoms with Gasteiger partial charge in [0.05, 0.1) is 0 Å². The van der Waals surface area contributed by atoms with Crippen LogP contribution in [-0.2, 0) is 0 Å². The van der Waals surface area contributed by atoms with Crippen LogP contribution in [0.15, 0.2) is 10.5 Å². The average molecular weight is 236 g/mol. The molecule has 0 saturated carbocycles. The molecule has 0 aromatic carbocycles. The van der Waals surface area contributed by atoms with Crippen molar-refractivity contribution < 1.29 is 4.42 Å². The number of hydrogen-bond acceptors (Lipinski definition) is 3. The molecule has 17 heavy (non-hydrogen) atoms. The van der Waals surface area contributed by atoms with E-state index in [9.17, 15) is 0 Å². The van der Waals surface area contributed by atoms with Gasteiger partial charge in [-0.1, -0.05) is 6.92 Å². The monoisotopic (exact) mass is 236 g/mol. The standard InChI is InChI=1S/C14H24N2O/c1-9-5-6-16(8-14(9)15)11(3)13-7-10(2)17-12(13)4/h7,9,11,14H,5-6,8,15H2,1-4H3. The molecule has 1 aromatic heterocycles. The second-order valence-electron chi connectivity index (χ2n) is 5.47. The van der Waals surface area contributed by atoms with E-state index in [1.807, 2.05) is 13.8 Å². The fraction of sp³-hybridized carbons (Fsp3) is 0.714. The first-order valence-corrected chi connectivity index (χ1v) is 6.55. The summed E-state index contributed by atoms with van der Waals surface area (Å²) in [6, 6.07) is 2.87. The molecular formula is C14H24N2O. The van der Waals surface area contributed by atoms with Crippen LogP contribution >= 0.6 is 0 Å². The van der Waals surface area contributed by atoms with Gasteiger partial charge < -0.3 is 10.2 Å². The minimum absolute atomic E-state index is 0.305. The lowest BCUT2D eigenvalue weighted by atomic mass is 9.92. The molecule has 1 saturated heterocycles. The Balaban J connectivity index is 2.10. The maximum Gasteiger partial charge on any atom is 0.105 e. The van der Waals surface area contributed by atoms with Gasteiger partial charge in [-0.2, -0.15) is 0 Å². The largest absolute Gasteiger partial charge is 0.466 e. The Kier molecular flexibility index (Phi) is 3.59. The van der Waals surface area contributed by atoms with Crippen LogP contribution in [0.25, 0.3) is 0 Å². The number of furan rings is 1. The summed E-state index contributed by atoms with van der Waals surface area (Å²) in [5.74, 6) is 2.69. The molecule has 1 aliphatic rings. The van der Waals surface area contributed by atoms with Crippen molar-refractivity contribution in [1.82, 2.24) is 4.90 Å². The minimum Gasteiger partial charge on any atom is -0.466 e. The fourth-order valence-corrected chi connectivity index (χ4v) is 2.74. The van der Waals surface area contributed by atoms with Gasteiger partial charge in [0.1, 0.15) is 11.5 Å². The molecule has 96 valence electrons. The number of rotatable bonds is 2. The van der Waals surface area contributed by atoms with Crippen LogP contribution in [0, 0.1) is 19.8 Å². The van der Waals surface area contributed by atoms with Crippen molar-refractivity contribution in [2.45, 2.75) is 46.2 Å². The van der Waals surface area contributed by atoms with E-state index in [0.29, 0.717) is 18.0 Å². The zero-order valence-corrected chi connectivity index (χ0v) is 11.4. The summed E-state index contributed by atoms with van der Waals surface area (Å²) in [5.41, 5.74) is 7.47. The number of nitrogens with two attached hydrogens (primary N) is 1. The molecule has 3 atom stereocenters. The Bertz CT molecular complexity index is 386. The van der Waals surface area contributed by atoms with E-state index in [1.54, 1.807) is 0 Å². The van der Waals surface area contributed by atoms with E-state index in [4.69, 9.17) is 10.2 Å². The molecular weight excluding hydrogens is 212 g/mol. The minimum atomic E-state index is 0.305. The lowest BCUT2D eigenvalue weighted by Gasteiger charge is -2.38. The molecule has 0 spiro atoms. The molecule has 0 aliphatic carbocycles. The number of likely N-dealkylation sites (tertiary alicyclic amines) is 1.